The van der Waals surface area contributed by atoms with Crippen molar-refractivity contribution in [2.45, 2.75) is 38.3 Å². The van der Waals surface area contributed by atoms with Crippen molar-refractivity contribution in [2.24, 2.45) is 0 Å². The van der Waals surface area contributed by atoms with E-state index in [1.165, 1.54) is 6.07 Å². The summed E-state index contributed by atoms with van der Waals surface area (Å²) in [6, 6.07) is 4.09. The number of benzene rings is 1. The zero-order valence-corrected chi connectivity index (χ0v) is 10.8. The zero-order valence-electron chi connectivity index (χ0n) is 10.8. The molecule has 1 aromatic carbocycles. The highest BCUT2D eigenvalue weighted by Crippen LogP contribution is 2.35. The van der Waals surface area contributed by atoms with Crippen molar-refractivity contribution in [3.63, 3.8) is 0 Å². The van der Waals surface area contributed by atoms with E-state index < -0.39 is 17.6 Å². The van der Waals surface area contributed by atoms with Crippen molar-refractivity contribution in [3.8, 4) is 0 Å². The second-order valence-electron chi connectivity index (χ2n) is 4.93. The fourth-order valence-corrected chi connectivity index (χ4v) is 2.35. The van der Waals surface area contributed by atoms with Gasteiger partial charge in [0, 0.05) is 24.2 Å². The number of halogens is 2. The molecule has 0 aliphatic heterocycles. The highest BCUT2D eigenvalue weighted by Gasteiger charge is 2.33. The topological polar surface area (TPSA) is 40.5 Å². The lowest BCUT2D eigenvalue weighted by atomic mass is 10.1. The predicted molar refractivity (Wildman–Crippen MR) is 66.8 cm³/mol. The van der Waals surface area contributed by atoms with Crippen molar-refractivity contribution >= 4 is 5.97 Å². The van der Waals surface area contributed by atoms with Crippen LogP contribution < -0.4 is 0 Å². The van der Waals surface area contributed by atoms with Crippen molar-refractivity contribution in [1.82, 2.24) is 4.90 Å². The molecule has 0 aromatic heterocycles. The molecular formula is C14H17F2NO2. The van der Waals surface area contributed by atoms with Gasteiger partial charge < -0.3 is 5.11 Å². The van der Waals surface area contributed by atoms with E-state index in [0.29, 0.717) is 6.54 Å². The lowest BCUT2D eigenvalue weighted by molar-refractivity contribution is -0.137. The van der Waals surface area contributed by atoms with Gasteiger partial charge in [0.25, 0.3) is 0 Å². The van der Waals surface area contributed by atoms with Crippen molar-refractivity contribution in [1.29, 1.82) is 0 Å². The molecule has 1 aromatic rings. The quantitative estimate of drug-likeness (QED) is 0.863. The molecule has 19 heavy (non-hydrogen) atoms. The smallest absolute Gasteiger partial charge is 0.304 e. The number of hydrogen-bond acceptors (Lipinski definition) is 2. The Morgan fingerprint density at radius 2 is 2.16 bits per heavy atom. The normalized spacial score (nSPS) is 16.6. The first-order valence-electron chi connectivity index (χ1n) is 6.42. The molecule has 1 N–H and O–H groups in total. The summed E-state index contributed by atoms with van der Waals surface area (Å²) < 4.78 is 27.0. The number of carbonyl (C=O) groups is 1. The van der Waals surface area contributed by atoms with E-state index in [0.717, 1.165) is 18.9 Å². The number of carboxylic acids is 1. The Morgan fingerprint density at radius 1 is 1.47 bits per heavy atom. The minimum absolute atomic E-state index is 0.0117. The van der Waals surface area contributed by atoms with Crippen LogP contribution in [-0.2, 0) is 4.79 Å². The summed E-state index contributed by atoms with van der Waals surface area (Å²) in [6.07, 6.45) is 1.99. The van der Waals surface area contributed by atoms with Gasteiger partial charge in [0.1, 0.15) is 0 Å². The average Bonchev–Trinajstić information content (AvgIpc) is 3.17. The zero-order chi connectivity index (χ0) is 14.0. The van der Waals surface area contributed by atoms with Gasteiger partial charge in [-0.25, -0.2) is 8.78 Å². The number of hydrogen-bond donors (Lipinski definition) is 1. The van der Waals surface area contributed by atoms with E-state index in [9.17, 15) is 13.6 Å². The lowest BCUT2D eigenvalue weighted by Crippen LogP contribution is -2.32. The fourth-order valence-electron chi connectivity index (χ4n) is 2.35. The molecule has 0 heterocycles. The second kappa shape index (κ2) is 5.65. The Labute approximate surface area is 110 Å². The van der Waals surface area contributed by atoms with Crippen LogP contribution in [-0.4, -0.2) is 28.6 Å². The van der Waals surface area contributed by atoms with Crippen LogP contribution in [0.1, 0.15) is 37.8 Å². The summed E-state index contributed by atoms with van der Waals surface area (Å²) >= 11 is 0. The van der Waals surface area contributed by atoms with Crippen molar-refractivity contribution < 1.29 is 18.7 Å². The van der Waals surface area contributed by atoms with Gasteiger partial charge in [-0.2, -0.15) is 0 Å². The van der Waals surface area contributed by atoms with Gasteiger partial charge >= 0.3 is 5.97 Å². The maximum absolute atomic E-state index is 13.8. The highest BCUT2D eigenvalue weighted by molar-refractivity contribution is 5.66. The molecule has 1 unspecified atom stereocenters. The molecule has 0 radical (unpaired) electrons. The van der Waals surface area contributed by atoms with E-state index in [2.05, 4.69) is 0 Å². The minimum Gasteiger partial charge on any atom is -0.481 e. The number of carboxylic acid groups (broad SMARTS) is 1. The van der Waals surface area contributed by atoms with Crippen LogP contribution in [0, 0.1) is 11.6 Å². The molecule has 0 saturated heterocycles. The predicted octanol–water partition coefficient (Wildman–Crippen LogP) is 2.96. The van der Waals surface area contributed by atoms with E-state index in [-0.39, 0.29) is 24.1 Å². The largest absolute Gasteiger partial charge is 0.481 e. The number of rotatable bonds is 6. The summed E-state index contributed by atoms with van der Waals surface area (Å²) in [5.41, 5.74) is 0.289. The Kier molecular flexibility index (Phi) is 4.14. The first kappa shape index (κ1) is 13.9. The first-order valence-corrected chi connectivity index (χ1v) is 6.42. The lowest BCUT2D eigenvalue weighted by Gasteiger charge is -2.29. The molecule has 3 nitrogen and oxygen atoms in total. The first-order chi connectivity index (χ1) is 9.00. The Hall–Kier alpha value is -1.49. The molecule has 1 saturated carbocycles. The fraction of sp³-hybridized carbons (Fsp3) is 0.500. The van der Waals surface area contributed by atoms with E-state index in [1.54, 1.807) is 13.0 Å². The van der Waals surface area contributed by atoms with E-state index in [4.69, 9.17) is 5.11 Å². The molecule has 1 atom stereocenters. The highest BCUT2D eigenvalue weighted by atomic mass is 19.2. The minimum atomic E-state index is -0.877. The van der Waals surface area contributed by atoms with Gasteiger partial charge in [-0.05, 0) is 25.8 Å². The van der Waals surface area contributed by atoms with Crippen molar-refractivity contribution in [2.75, 3.05) is 6.54 Å². The third-order valence-corrected chi connectivity index (χ3v) is 3.53. The number of aliphatic carboxylic acids is 1. The Bertz CT molecular complexity index is 475. The third kappa shape index (κ3) is 3.29. The molecule has 104 valence electrons. The summed E-state index contributed by atoms with van der Waals surface area (Å²) in [4.78, 5) is 12.6. The van der Waals surface area contributed by atoms with Gasteiger partial charge in [-0.15, -0.1) is 0 Å². The molecular weight excluding hydrogens is 252 g/mol. The monoisotopic (exact) mass is 269 g/mol. The molecule has 0 spiro atoms. The summed E-state index contributed by atoms with van der Waals surface area (Å²) in [6.45, 7) is 2.15. The number of nitrogens with zero attached hydrogens (tertiary/aromatic N) is 1. The van der Waals surface area contributed by atoms with Gasteiger partial charge in [0.2, 0.25) is 0 Å². The van der Waals surface area contributed by atoms with Crippen LogP contribution in [0.15, 0.2) is 18.2 Å². The van der Waals surface area contributed by atoms with Gasteiger partial charge in [-0.1, -0.05) is 12.1 Å². The van der Waals surface area contributed by atoms with E-state index in [1.807, 2.05) is 4.90 Å². The molecule has 0 amide bonds. The molecule has 2 rings (SSSR count). The molecule has 1 aliphatic rings. The molecule has 0 bridgehead atoms. The van der Waals surface area contributed by atoms with Crippen molar-refractivity contribution in [3.05, 3.63) is 35.4 Å². The van der Waals surface area contributed by atoms with E-state index >= 15 is 0 Å². The molecule has 1 aliphatic carbocycles. The van der Waals surface area contributed by atoms with Crippen LogP contribution in [0.25, 0.3) is 0 Å². The van der Waals surface area contributed by atoms with Crippen LogP contribution in [0.3, 0.4) is 0 Å². The molecule has 5 heteroatoms. The van der Waals surface area contributed by atoms with Crippen LogP contribution in [0.2, 0.25) is 0 Å². The van der Waals surface area contributed by atoms with Crippen LogP contribution in [0.5, 0.6) is 0 Å². The van der Waals surface area contributed by atoms with Gasteiger partial charge in [0.15, 0.2) is 11.6 Å². The summed E-state index contributed by atoms with van der Waals surface area (Å²) in [7, 11) is 0. The van der Waals surface area contributed by atoms with Crippen LogP contribution >= 0.6 is 0 Å². The summed E-state index contributed by atoms with van der Waals surface area (Å²) in [5, 5.41) is 8.75. The van der Waals surface area contributed by atoms with Gasteiger partial charge in [0.05, 0.1) is 6.42 Å². The van der Waals surface area contributed by atoms with Gasteiger partial charge in [-0.3, -0.25) is 9.69 Å². The average molecular weight is 269 g/mol. The Morgan fingerprint density at radius 3 is 2.74 bits per heavy atom. The maximum Gasteiger partial charge on any atom is 0.304 e. The Balaban J connectivity index is 2.16. The standard InChI is InChI=1S/C14H17F2NO2/c1-9(11-3-2-4-12(15)14(11)16)17(10-5-6-10)8-7-13(18)19/h2-4,9-10H,5-8H2,1H3,(H,18,19). The summed E-state index contributed by atoms with van der Waals surface area (Å²) in [5.74, 6) is -2.58. The third-order valence-electron chi connectivity index (χ3n) is 3.53. The second-order valence-corrected chi connectivity index (χ2v) is 4.93. The molecule has 1 fully saturated rings. The SMILES string of the molecule is CC(c1cccc(F)c1F)N(CCC(=O)O)C1CC1. The van der Waals surface area contributed by atoms with Crippen LogP contribution in [0.4, 0.5) is 8.78 Å². The maximum atomic E-state index is 13.8.